The predicted octanol–water partition coefficient (Wildman–Crippen LogP) is 1.77. The first-order valence-electron chi connectivity index (χ1n) is 6.69. The smallest absolute Gasteiger partial charge is 0.286 e. The van der Waals surface area contributed by atoms with E-state index in [4.69, 9.17) is 14.2 Å². The van der Waals surface area contributed by atoms with Gasteiger partial charge in [0.05, 0.1) is 24.7 Å². The summed E-state index contributed by atoms with van der Waals surface area (Å²) in [5.74, 6) is -0.105. The third-order valence-corrected chi connectivity index (χ3v) is 2.69. The maximum absolute atomic E-state index is 12.1. The molecule has 1 N–H and O–H groups in total. The lowest BCUT2D eigenvalue weighted by Crippen LogP contribution is -2.30. The summed E-state index contributed by atoms with van der Waals surface area (Å²) in [7, 11) is 2.91. The van der Waals surface area contributed by atoms with Gasteiger partial charge in [0.1, 0.15) is 12.2 Å². The van der Waals surface area contributed by atoms with Crippen LogP contribution in [0.2, 0.25) is 0 Å². The Balaban J connectivity index is 3.21. The lowest BCUT2D eigenvalue weighted by Gasteiger charge is -2.13. The molecule has 8 heteroatoms. The number of benzene rings is 1. The number of methoxy groups -OCH3 is 2. The summed E-state index contributed by atoms with van der Waals surface area (Å²) in [6.07, 6.45) is 0. The number of hydrogen-bond acceptors (Lipinski definition) is 6. The fraction of sp³-hybridized carbons (Fsp3) is 0.500. The third-order valence-electron chi connectivity index (χ3n) is 2.69. The number of nitrogens with zero attached hydrogens (tertiary/aromatic N) is 1. The van der Waals surface area contributed by atoms with E-state index in [9.17, 15) is 14.9 Å². The molecular weight excluding hydrogens is 292 g/mol. The van der Waals surface area contributed by atoms with Crippen molar-refractivity contribution in [3.8, 4) is 11.5 Å². The molecule has 0 spiro atoms. The Morgan fingerprint density at radius 1 is 1.27 bits per heavy atom. The van der Waals surface area contributed by atoms with Gasteiger partial charge in [0.25, 0.3) is 11.6 Å². The normalized spacial score (nSPS) is 10.4. The maximum Gasteiger partial charge on any atom is 0.286 e. The van der Waals surface area contributed by atoms with Crippen molar-refractivity contribution in [1.29, 1.82) is 0 Å². The average molecular weight is 312 g/mol. The summed E-state index contributed by atoms with van der Waals surface area (Å²) in [5, 5.41) is 13.8. The molecule has 1 amide bonds. The minimum absolute atomic E-state index is 0.0744. The van der Waals surface area contributed by atoms with E-state index in [1.165, 1.54) is 26.4 Å². The van der Waals surface area contributed by atoms with Gasteiger partial charge in [0, 0.05) is 19.2 Å². The molecule has 0 unspecified atom stereocenters. The molecule has 0 heterocycles. The fourth-order valence-electron chi connectivity index (χ4n) is 1.73. The topological polar surface area (TPSA) is 99.9 Å². The van der Waals surface area contributed by atoms with Crippen molar-refractivity contribution >= 4 is 11.6 Å². The highest BCUT2D eigenvalue weighted by molar-refractivity contribution is 5.99. The lowest BCUT2D eigenvalue weighted by atomic mass is 10.1. The quantitative estimate of drug-likeness (QED) is 0.446. The second kappa shape index (κ2) is 8.18. The Bertz CT molecular complexity index is 544. The fourth-order valence-corrected chi connectivity index (χ4v) is 1.73. The minimum atomic E-state index is -0.627. The van der Waals surface area contributed by atoms with Crippen molar-refractivity contribution in [1.82, 2.24) is 5.32 Å². The molecular formula is C14H20N2O6. The van der Waals surface area contributed by atoms with Crippen LogP contribution in [0.25, 0.3) is 0 Å². The number of amides is 1. The third kappa shape index (κ3) is 4.59. The maximum atomic E-state index is 12.1. The number of ether oxygens (including phenoxy) is 3. The van der Waals surface area contributed by atoms with Crippen LogP contribution in [0.15, 0.2) is 12.1 Å². The van der Waals surface area contributed by atoms with Crippen LogP contribution in [-0.2, 0) is 4.74 Å². The number of rotatable bonds is 8. The van der Waals surface area contributed by atoms with E-state index in [0.29, 0.717) is 6.61 Å². The van der Waals surface area contributed by atoms with Crippen LogP contribution in [0, 0.1) is 10.1 Å². The van der Waals surface area contributed by atoms with Gasteiger partial charge in [-0.05, 0) is 13.8 Å². The molecule has 0 atom stereocenters. The largest absolute Gasteiger partial charge is 0.493 e. The Morgan fingerprint density at radius 3 is 2.45 bits per heavy atom. The summed E-state index contributed by atoms with van der Waals surface area (Å²) in [6.45, 7) is 4.07. The molecule has 0 bridgehead atoms. The highest BCUT2D eigenvalue weighted by atomic mass is 16.6. The first-order valence-corrected chi connectivity index (χ1v) is 6.69. The standard InChI is InChI=1S/C14H20N2O6/c1-9(2)15-14(17)10-7-12(21-4)13(22-6-5-20-3)8-11(10)16(18)19/h7-9H,5-6H2,1-4H3,(H,15,17). The van der Waals surface area contributed by atoms with Crippen LogP contribution >= 0.6 is 0 Å². The Kier molecular flexibility index (Phi) is 6.58. The first kappa shape index (κ1) is 17.7. The van der Waals surface area contributed by atoms with Gasteiger partial charge in [-0.2, -0.15) is 0 Å². The van der Waals surface area contributed by atoms with E-state index in [0.717, 1.165) is 0 Å². The zero-order valence-electron chi connectivity index (χ0n) is 13.0. The van der Waals surface area contributed by atoms with Gasteiger partial charge in [0.15, 0.2) is 11.5 Å². The van der Waals surface area contributed by atoms with E-state index < -0.39 is 10.8 Å². The van der Waals surface area contributed by atoms with Gasteiger partial charge in [-0.1, -0.05) is 0 Å². The number of carbonyl (C=O) groups excluding carboxylic acids is 1. The lowest BCUT2D eigenvalue weighted by molar-refractivity contribution is -0.385. The minimum Gasteiger partial charge on any atom is -0.493 e. The average Bonchev–Trinajstić information content (AvgIpc) is 2.46. The van der Waals surface area contributed by atoms with Gasteiger partial charge in [-0.3, -0.25) is 14.9 Å². The molecule has 1 aromatic carbocycles. The molecule has 0 aliphatic heterocycles. The van der Waals surface area contributed by atoms with Crippen molar-refractivity contribution in [2.75, 3.05) is 27.4 Å². The Labute approximate surface area is 128 Å². The van der Waals surface area contributed by atoms with E-state index in [-0.39, 0.29) is 35.4 Å². The molecule has 0 aliphatic carbocycles. The second-order valence-corrected chi connectivity index (χ2v) is 4.75. The SMILES string of the molecule is COCCOc1cc([N+](=O)[O-])c(C(=O)NC(C)C)cc1OC. The zero-order valence-corrected chi connectivity index (χ0v) is 13.0. The first-order chi connectivity index (χ1) is 10.4. The Morgan fingerprint density at radius 2 is 1.95 bits per heavy atom. The number of carbonyl (C=O) groups is 1. The summed E-state index contributed by atoms with van der Waals surface area (Å²) < 4.78 is 15.4. The zero-order chi connectivity index (χ0) is 16.7. The summed E-state index contributed by atoms with van der Waals surface area (Å²) in [4.78, 5) is 22.7. The summed E-state index contributed by atoms with van der Waals surface area (Å²) >= 11 is 0. The van der Waals surface area contributed by atoms with Gasteiger partial charge in [-0.15, -0.1) is 0 Å². The van der Waals surface area contributed by atoms with E-state index in [1.54, 1.807) is 13.8 Å². The molecule has 1 aromatic rings. The van der Waals surface area contributed by atoms with Crippen LogP contribution in [0.1, 0.15) is 24.2 Å². The van der Waals surface area contributed by atoms with Crippen molar-refractivity contribution in [2.45, 2.75) is 19.9 Å². The molecule has 0 fully saturated rings. The van der Waals surface area contributed by atoms with Gasteiger partial charge >= 0.3 is 0 Å². The summed E-state index contributed by atoms with van der Waals surface area (Å²) in [6, 6.07) is 2.34. The molecule has 0 saturated carbocycles. The number of nitro benzene ring substituents is 1. The second-order valence-electron chi connectivity index (χ2n) is 4.75. The van der Waals surface area contributed by atoms with E-state index in [2.05, 4.69) is 5.32 Å². The van der Waals surface area contributed by atoms with Crippen molar-refractivity contribution in [2.24, 2.45) is 0 Å². The van der Waals surface area contributed by atoms with Crippen molar-refractivity contribution in [3.05, 3.63) is 27.8 Å². The summed E-state index contributed by atoms with van der Waals surface area (Å²) in [5.41, 5.74) is -0.416. The Hall–Kier alpha value is -2.35. The monoisotopic (exact) mass is 312 g/mol. The highest BCUT2D eigenvalue weighted by Gasteiger charge is 2.25. The van der Waals surface area contributed by atoms with Crippen LogP contribution in [0.5, 0.6) is 11.5 Å². The molecule has 122 valence electrons. The highest BCUT2D eigenvalue weighted by Crippen LogP contribution is 2.34. The molecule has 8 nitrogen and oxygen atoms in total. The van der Waals surface area contributed by atoms with Crippen molar-refractivity contribution in [3.63, 3.8) is 0 Å². The predicted molar refractivity (Wildman–Crippen MR) is 79.6 cm³/mol. The molecule has 0 aromatic heterocycles. The van der Waals surface area contributed by atoms with Gasteiger partial charge in [-0.25, -0.2) is 0 Å². The van der Waals surface area contributed by atoms with Crippen LogP contribution < -0.4 is 14.8 Å². The molecule has 22 heavy (non-hydrogen) atoms. The van der Waals surface area contributed by atoms with Gasteiger partial charge in [0.2, 0.25) is 0 Å². The van der Waals surface area contributed by atoms with Crippen LogP contribution in [0.3, 0.4) is 0 Å². The molecule has 0 saturated heterocycles. The van der Waals surface area contributed by atoms with Crippen LogP contribution in [0.4, 0.5) is 5.69 Å². The van der Waals surface area contributed by atoms with E-state index in [1.807, 2.05) is 0 Å². The number of nitro groups is 1. The molecule has 1 rings (SSSR count). The van der Waals surface area contributed by atoms with Crippen molar-refractivity contribution < 1.29 is 23.9 Å². The number of hydrogen-bond donors (Lipinski definition) is 1. The van der Waals surface area contributed by atoms with E-state index >= 15 is 0 Å². The molecule has 0 radical (unpaired) electrons. The number of nitrogens with one attached hydrogen (secondary N) is 1. The molecule has 0 aliphatic rings. The van der Waals surface area contributed by atoms with Crippen LogP contribution in [-0.4, -0.2) is 44.3 Å². The van der Waals surface area contributed by atoms with Gasteiger partial charge < -0.3 is 19.5 Å².